The van der Waals surface area contributed by atoms with Crippen LogP contribution in [-0.4, -0.2) is 23.3 Å². The van der Waals surface area contributed by atoms with Crippen molar-refractivity contribution in [2.24, 2.45) is 11.8 Å². The van der Waals surface area contributed by atoms with Gasteiger partial charge < -0.3 is 9.84 Å². The van der Waals surface area contributed by atoms with Crippen LogP contribution in [0.5, 0.6) is 0 Å². The molecule has 1 rings (SSSR count). The number of hydrogen-bond donors (Lipinski definition) is 1. The van der Waals surface area contributed by atoms with Crippen LogP contribution in [0.15, 0.2) is 12.2 Å². The lowest BCUT2D eigenvalue weighted by Gasteiger charge is -2.41. The molecule has 0 heterocycles. The number of allylic oxidation sites excluding steroid dienone is 1. The first kappa shape index (κ1) is 14.2. The molecule has 0 spiro atoms. The molecule has 98 valence electrons. The highest BCUT2D eigenvalue weighted by Gasteiger charge is 2.42. The van der Waals surface area contributed by atoms with Crippen molar-refractivity contribution in [3.8, 4) is 0 Å². The maximum Gasteiger partial charge on any atom is 0.308 e. The van der Waals surface area contributed by atoms with E-state index in [1.165, 1.54) is 0 Å². The van der Waals surface area contributed by atoms with Crippen LogP contribution in [0.25, 0.3) is 0 Å². The molecule has 0 aromatic rings. The number of ether oxygens (including phenoxy) is 1. The normalized spacial score (nSPS) is 33.2. The molecule has 1 aliphatic rings. The predicted octanol–water partition coefficient (Wildman–Crippen LogP) is 2.68. The van der Waals surface area contributed by atoms with Crippen LogP contribution in [0.2, 0.25) is 0 Å². The summed E-state index contributed by atoms with van der Waals surface area (Å²) < 4.78 is 4.93. The van der Waals surface area contributed by atoms with Crippen LogP contribution in [-0.2, 0) is 9.53 Å². The zero-order valence-electron chi connectivity index (χ0n) is 11.2. The minimum Gasteiger partial charge on any atom is -0.466 e. The maximum absolute atomic E-state index is 11.5. The van der Waals surface area contributed by atoms with E-state index in [2.05, 4.69) is 6.58 Å². The Morgan fingerprint density at radius 1 is 1.53 bits per heavy atom. The van der Waals surface area contributed by atoms with Gasteiger partial charge in [0.05, 0.1) is 18.6 Å². The smallest absolute Gasteiger partial charge is 0.308 e. The van der Waals surface area contributed by atoms with E-state index >= 15 is 0 Å². The molecular formula is C14H24O3. The van der Waals surface area contributed by atoms with Crippen LogP contribution in [0.4, 0.5) is 0 Å². The number of carbonyl (C=O) groups excluding carboxylic acids is 1. The van der Waals surface area contributed by atoms with Crippen molar-refractivity contribution < 1.29 is 14.6 Å². The van der Waals surface area contributed by atoms with E-state index in [0.29, 0.717) is 18.9 Å². The summed E-state index contributed by atoms with van der Waals surface area (Å²) in [6.07, 6.45) is 2.73. The molecule has 0 radical (unpaired) electrons. The van der Waals surface area contributed by atoms with Gasteiger partial charge in [-0.2, -0.15) is 0 Å². The summed E-state index contributed by atoms with van der Waals surface area (Å²) in [6, 6.07) is 0. The Hall–Kier alpha value is -0.830. The molecular weight excluding hydrogens is 216 g/mol. The highest BCUT2D eigenvalue weighted by molar-refractivity contribution is 5.70. The Labute approximate surface area is 104 Å². The summed E-state index contributed by atoms with van der Waals surface area (Å²) in [6.45, 7) is 10.1. The molecule has 1 fully saturated rings. The minimum absolute atomic E-state index is 0.103. The second kappa shape index (κ2) is 5.67. The van der Waals surface area contributed by atoms with E-state index in [1.54, 1.807) is 6.92 Å². The van der Waals surface area contributed by atoms with Gasteiger partial charge in [-0.05, 0) is 44.9 Å². The topological polar surface area (TPSA) is 46.5 Å². The third kappa shape index (κ3) is 3.56. The SMILES string of the molecule is C=C(C)[C@H]1CC[C@H](C)[C@](O)(CC(=O)OCC)C1. The number of aliphatic hydroxyl groups is 1. The molecule has 0 aromatic heterocycles. The lowest BCUT2D eigenvalue weighted by atomic mass is 9.68. The number of hydrogen-bond acceptors (Lipinski definition) is 3. The molecule has 3 atom stereocenters. The van der Waals surface area contributed by atoms with Crippen molar-refractivity contribution in [3.05, 3.63) is 12.2 Å². The molecule has 0 aliphatic heterocycles. The Morgan fingerprint density at radius 3 is 2.71 bits per heavy atom. The highest BCUT2D eigenvalue weighted by atomic mass is 16.5. The third-order valence-electron chi connectivity index (χ3n) is 3.92. The Bertz CT molecular complexity index is 298. The molecule has 0 amide bonds. The Balaban J connectivity index is 2.69. The third-order valence-corrected chi connectivity index (χ3v) is 3.92. The molecule has 1 N–H and O–H groups in total. The van der Waals surface area contributed by atoms with Crippen molar-refractivity contribution in [2.75, 3.05) is 6.61 Å². The second-order valence-corrected chi connectivity index (χ2v) is 5.31. The monoisotopic (exact) mass is 240 g/mol. The summed E-state index contributed by atoms with van der Waals surface area (Å²) in [7, 11) is 0. The lowest BCUT2D eigenvalue weighted by molar-refractivity contribution is -0.153. The Kier molecular flexibility index (Phi) is 4.75. The second-order valence-electron chi connectivity index (χ2n) is 5.31. The molecule has 17 heavy (non-hydrogen) atoms. The lowest BCUT2D eigenvalue weighted by Crippen LogP contribution is -2.44. The van der Waals surface area contributed by atoms with Crippen LogP contribution in [0, 0.1) is 11.8 Å². The molecule has 1 aliphatic carbocycles. The van der Waals surface area contributed by atoms with Crippen molar-refractivity contribution in [1.82, 2.24) is 0 Å². The van der Waals surface area contributed by atoms with E-state index in [1.807, 2.05) is 13.8 Å². The zero-order valence-corrected chi connectivity index (χ0v) is 11.2. The quantitative estimate of drug-likeness (QED) is 0.607. The van der Waals surface area contributed by atoms with E-state index in [9.17, 15) is 9.90 Å². The van der Waals surface area contributed by atoms with Crippen molar-refractivity contribution in [3.63, 3.8) is 0 Å². The van der Waals surface area contributed by atoms with Crippen molar-refractivity contribution in [2.45, 2.75) is 52.1 Å². The molecule has 3 heteroatoms. The number of esters is 1. The largest absolute Gasteiger partial charge is 0.466 e. The Morgan fingerprint density at radius 2 is 2.18 bits per heavy atom. The standard InChI is InChI=1S/C14H24O3/c1-5-17-13(15)9-14(16)8-12(10(2)3)7-6-11(14)4/h11-12,16H,2,5-9H2,1,3-4H3/t11-,12-,14+/m0/s1. The van der Waals surface area contributed by atoms with Gasteiger partial charge in [-0.15, -0.1) is 0 Å². The fourth-order valence-electron chi connectivity index (χ4n) is 2.58. The molecule has 0 unspecified atom stereocenters. The molecule has 0 aromatic carbocycles. The van der Waals surface area contributed by atoms with Gasteiger partial charge in [0.2, 0.25) is 0 Å². The summed E-state index contributed by atoms with van der Waals surface area (Å²) in [5, 5.41) is 10.6. The van der Waals surface area contributed by atoms with Gasteiger partial charge in [0.25, 0.3) is 0 Å². The molecule has 3 nitrogen and oxygen atoms in total. The molecule has 0 bridgehead atoms. The maximum atomic E-state index is 11.5. The fraction of sp³-hybridized carbons (Fsp3) is 0.786. The predicted molar refractivity (Wildman–Crippen MR) is 67.5 cm³/mol. The average molecular weight is 240 g/mol. The van der Waals surface area contributed by atoms with Gasteiger partial charge in [0, 0.05) is 0 Å². The van der Waals surface area contributed by atoms with E-state index in [4.69, 9.17) is 4.74 Å². The van der Waals surface area contributed by atoms with Crippen LogP contribution in [0.1, 0.15) is 46.5 Å². The van der Waals surface area contributed by atoms with Gasteiger partial charge in [-0.3, -0.25) is 4.79 Å². The summed E-state index contributed by atoms with van der Waals surface area (Å²) in [5.74, 6) is 0.164. The van der Waals surface area contributed by atoms with Crippen molar-refractivity contribution >= 4 is 5.97 Å². The summed E-state index contributed by atoms with van der Waals surface area (Å²) in [5.41, 5.74) is 0.174. The van der Waals surface area contributed by atoms with E-state index < -0.39 is 5.60 Å². The average Bonchev–Trinajstić information content (AvgIpc) is 2.22. The zero-order chi connectivity index (χ0) is 13.1. The van der Waals surface area contributed by atoms with E-state index in [0.717, 1.165) is 18.4 Å². The molecule has 0 saturated heterocycles. The van der Waals surface area contributed by atoms with Crippen molar-refractivity contribution in [1.29, 1.82) is 0 Å². The van der Waals surface area contributed by atoms with Gasteiger partial charge in [0.1, 0.15) is 0 Å². The van der Waals surface area contributed by atoms with Gasteiger partial charge >= 0.3 is 5.97 Å². The first-order chi connectivity index (χ1) is 7.89. The summed E-state index contributed by atoms with van der Waals surface area (Å²) in [4.78, 5) is 11.5. The van der Waals surface area contributed by atoms with E-state index in [-0.39, 0.29) is 18.3 Å². The first-order valence-electron chi connectivity index (χ1n) is 6.42. The van der Waals surface area contributed by atoms with Gasteiger partial charge in [-0.1, -0.05) is 19.1 Å². The fourth-order valence-corrected chi connectivity index (χ4v) is 2.58. The number of carbonyl (C=O) groups is 1. The highest BCUT2D eigenvalue weighted by Crippen LogP contribution is 2.41. The van der Waals surface area contributed by atoms with Crippen LogP contribution >= 0.6 is 0 Å². The molecule has 1 saturated carbocycles. The number of rotatable bonds is 4. The van der Waals surface area contributed by atoms with Gasteiger partial charge in [0.15, 0.2) is 0 Å². The van der Waals surface area contributed by atoms with Crippen LogP contribution < -0.4 is 0 Å². The summed E-state index contributed by atoms with van der Waals surface area (Å²) >= 11 is 0. The first-order valence-corrected chi connectivity index (χ1v) is 6.42. The van der Waals surface area contributed by atoms with Crippen LogP contribution in [0.3, 0.4) is 0 Å². The minimum atomic E-state index is -0.922. The van der Waals surface area contributed by atoms with Gasteiger partial charge in [-0.25, -0.2) is 0 Å².